The minimum Gasteiger partial charge on any atom is -0.336 e. The van der Waals surface area contributed by atoms with Crippen molar-refractivity contribution in [2.75, 3.05) is 19.6 Å². The van der Waals surface area contributed by atoms with Gasteiger partial charge in [0, 0.05) is 43.6 Å². The number of rotatable bonds is 1. The Kier molecular flexibility index (Phi) is 3.13. The maximum atomic E-state index is 12.4. The summed E-state index contributed by atoms with van der Waals surface area (Å²) in [6, 6.07) is 5.84. The number of hydrogen-bond acceptors (Lipinski definition) is 4. The van der Waals surface area contributed by atoms with Crippen molar-refractivity contribution < 1.29 is 4.79 Å². The highest BCUT2D eigenvalue weighted by atomic mass is 16.2. The lowest BCUT2D eigenvalue weighted by Gasteiger charge is -2.32. The van der Waals surface area contributed by atoms with E-state index in [1.54, 1.807) is 12.4 Å². The van der Waals surface area contributed by atoms with E-state index >= 15 is 0 Å². The van der Waals surface area contributed by atoms with E-state index in [2.05, 4.69) is 22.2 Å². The van der Waals surface area contributed by atoms with Gasteiger partial charge >= 0.3 is 0 Å². The number of nitrogens with zero attached hydrogens (tertiary/aromatic N) is 3. The number of hydrogen-bond donors (Lipinski definition) is 1. The average Bonchev–Trinajstić information content (AvgIpc) is 2.46. The number of aromatic nitrogens is 2. The molecule has 1 fully saturated rings. The fraction of sp³-hybridized carbons (Fsp3) is 0.357. The van der Waals surface area contributed by atoms with Crippen molar-refractivity contribution in [3.63, 3.8) is 0 Å². The molecule has 2 heterocycles. The topological polar surface area (TPSA) is 58.1 Å². The van der Waals surface area contributed by atoms with Gasteiger partial charge in [-0.3, -0.25) is 14.8 Å². The van der Waals surface area contributed by atoms with Crippen molar-refractivity contribution in [2.24, 2.45) is 0 Å². The maximum Gasteiger partial charge on any atom is 0.254 e. The van der Waals surface area contributed by atoms with Gasteiger partial charge < -0.3 is 10.2 Å². The molecule has 0 spiro atoms. The third-order valence-electron chi connectivity index (χ3n) is 3.37. The van der Waals surface area contributed by atoms with E-state index in [-0.39, 0.29) is 5.91 Å². The minimum absolute atomic E-state index is 0.0703. The molecule has 98 valence electrons. The SMILES string of the molecule is C[C@@H]1CN(C(=O)c2ccc3nccnc3c2)CCN1. The van der Waals surface area contributed by atoms with Crippen molar-refractivity contribution in [1.29, 1.82) is 0 Å². The van der Waals surface area contributed by atoms with Crippen molar-refractivity contribution in [1.82, 2.24) is 20.2 Å². The van der Waals surface area contributed by atoms with Crippen molar-refractivity contribution in [2.45, 2.75) is 13.0 Å². The van der Waals surface area contributed by atoms with E-state index in [0.717, 1.165) is 30.7 Å². The molecule has 1 atom stereocenters. The highest BCUT2D eigenvalue weighted by molar-refractivity contribution is 5.97. The second-order valence-corrected chi connectivity index (χ2v) is 4.87. The molecule has 0 bridgehead atoms. The Labute approximate surface area is 111 Å². The van der Waals surface area contributed by atoms with E-state index in [0.29, 0.717) is 11.6 Å². The maximum absolute atomic E-state index is 12.4. The van der Waals surface area contributed by atoms with Crippen LogP contribution in [-0.4, -0.2) is 46.5 Å². The van der Waals surface area contributed by atoms with Crippen LogP contribution in [0.5, 0.6) is 0 Å². The molecule has 0 aliphatic carbocycles. The van der Waals surface area contributed by atoms with E-state index in [1.165, 1.54) is 0 Å². The zero-order valence-corrected chi connectivity index (χ0v) is 10.8. The van der Waals surface area contributed by atoms with E-state index in [9.17, 15) is 4.79 Å². The van der Waals surface area contributed by atoms with Gasteiger partial charge in [0.2, 0.25) is 0 Å². The smallest absolute Gasteiger partial charge is 0.254 e. The summed E-state index contributed by atoms with van der Waals surface area (Å²) in [5, 5.41) is 3.33. The number of carbonyl (C=O) groups excluding carboxylic acids is 1. The molecule has 1 amide bonds. The molecule has 3 rings (SSSR count). The average molecular weight is 256 g/mol. The van der Waals surface area contributed by atoms with Crippen LogP contribution >= 0.6 is 0 Å². The van der Waals surface area contributed by atoms with Crippen LogP contribution in [-0.2, 0) is 0 Å². The molecule has 0 saturated carbocycles. The first-order valence-corrected chi connectivity index (χ1v) is 6.47. The van der Waals surface area contributed by atoms with Gasteiger partial charge in [-0.2, -0.15) is 0 Å². The molecule has 1 aromatic heterocycles. The number of fused-ring (bicyclic) bond motifs is 1. The molecule has 5 nitrogen and oxygen atoms in total. The zero-order chi connectivity index (χ0) is 13.2. The van der Waals surface area contributed by atoms with Crippen molar-refractivity contribution in [3.8, 4) is 0 Å². The molecule has 1 aromatic carbocycles. The molecule has 0 radical (unpaired) electrons. The summed E-state index contributed by atoms with van der Waals surface area (Å²) in [7, 11) is 0. The summed E-state index contributed by atoms with van der Waals surface area (Å²) in [6.07, 6.45) is 3.30. The Bertz CT molecular complexity index is 613. The standard InChI is InChI=1S/C14H16N4O/c1-10-9-18(7-6-15-10)14(19)11-2-3-12-13(8-11)17-5-4-16-12/h2-5,8,10,15H,6-7,9H2,1H3/t10-/m1/s1. The van der Waals surface area contributed by atoms with Gasteiger partial charge in [-0.15, -0.1) is 0 Å². The van der Waals surface area contributed by atoms with E-state index in [4.69, 9.17) is 0 Å². The van der Waals surface area contributed by atoms with Crippen LogP contribution in [0.2, 0.25) is 0 Å². The molecule has 1 aliphatic heterocycles. The number of amides is 1. The van der Waals surface area contributed by atoms with Gasteiger partial charge in [0.15, 0.2) is 0 Å². The molecule has 5 heteroatoms. The predicted octanol–water partition coefficient (Wildman–Crippen LogP) is 1.06. The third-order valence-corrected chi connectivity index (χ3v) is 3.37. The number of benzene rings is 1. The lowest BCUT2D eigenvalue weighted by Crippen LogP contribution is -2.51. The van der Waals surface area contributed by atoms with Crippen LogP contribution in [0.25, 0.3) is 11.0 Å². The van der Waals surface area contributed by atoms with Crippen LogP contribution < -0.4 is 5.32 Å². The summed E-state index contributed by atoms with van der Waals surface area (Å²) in [5.41, 5.74) is 2.26. The Morgan fingerprint density at radius 2 is 2.11 bits per heavy atom. The highest BCUT2D eigenvalue weighted by Gasteiger charge is 2.21. The molecular formula is C14H16N4O. The van der Waals surface area contributed by atoms with Crippen molar-refractivity contribution >= 4 is 16.9 Å². The van der Waals surface area contributed by atoms with Crippen LogP contribution in [0, 0.1) is 0 Å². The van der Waals surface area contributed by atoms with Gasteiger partial charge in [-0.05, 0) is 25.1 Å². The summed E-state index contributed by atoms with van der Waals surface area (Å²) in [5.74, 6) is 0.0703. The van der Waals surface area contributed by atoms with Crippen LogP contribution in [0.15, 0.2) is 30.6 Å². The molecule has 1 saturated heterocycles. The van der Waals surface area contributed by atoms with Gasteiger partial charge in [0.05, 0.1) is 11.0 Å². The van der Waals surface area contributed by atoms with Crippen LogP contribution in [0.3, 0.4) is 0 Å². The molecule has 0 unspecified atom stereocenters. The third kappa shape index (κ3) is 2.42. The van der Waals surface area contributed by atoms with Crippen molar-refractivity contribution in [3.05, 3.63) is 36.2 Å². The number of piperazine rings is 1. The highest BCUT2D eigenvalue weighted by Crippen LogP contribution is 2.14. The number of nitrogens with one attached hydrogen (secondary N) is 1. The predicted molar refractivity (Wildman–Crippen MR) is 72.9 cm³/mol. The van der Waals surface area contributed by atoms with Gasteiger partial charge in [0.1, 0.15) is 0 Å². The minimum atomic E-state index is 0.0703. The summed E-state index contributed by atoms with van der Waals surface area (Å²) in [6.45, 7) is 4.44. The first-order chi connectivity index (χ1) is 9.24. The van der Waals surface area contributed by atoms with Crippen LogP contribution in [0.1, 0.15) is 17.3 Å². The van der Waals surface area contributed by atoms with Gasteiger partial charge in [-0.1, -0.05) is 0 Å². The normalized spacial score (nSPS) is 19.6. The first kappa shape index (κ1) is 12.0. The molecule has 1 aliphatic rings. The fourth-order valence-electron chi connectivity index (χ4n) is 2.40. The van der Waals surface area contributed by atoms with E-state index < -0.39 is 0 Å². The fourth-order valence-corrected chi connectivity index (χ4v) is 2.40. The lowest BCUT2D eigenvalue weighted by molar-refractivity contribution is 0.0709. The number of carbonyl (C=O) groups is 1. The zero-order valence-electron chi connectivity index (χ0n) is 10.8. The molecule has 2 aromatic rings. The first-order valence-electron chi connectivity index (χ1n) is 6.47. The summed E-state index contributed by atoms with van der Waals surface area (Å²) < 4.78 is 0. The van der Waals surface area contributed by atoms with E-state index in [1.807, 2.05) is 23.1 Å². The molecule has 1 N–H and O–H groups in total. The lowest BCUT2D eigenvalue weighted by atomic mass is 10.1. The molecule has 19 heavy (non-hydrogen) atoms. The van der Waals surface area contributed by atoms with Crippen LogP contribution in [0.4, 0.5) is 0 Å². The monoisotopic (exact) mass is 256 g/mol. The van der Waals surface area contributed by atoms with Gasteiger partial charge in [-0.25, -0.2) is 0 Å². The quantitative estimate of drug-likeness (QED) is 0.829. The second kappa shape index (κ2) is 4.93. The summed E-state index contributed by atoms with van der Waals surface area (Å²) >= 11 is 0. The largest absolute Gasteiger partial charge is 0.336 e. The Morgan fingerprint density at radius 3 is 2.89 bits per heavy atom. The Morgan fingerprint density at radius 1 is 1.32 bits per heavy atom. The Hall–Kier alpha value is -2.01. The Balaban J connectivity index is 1.88. The summed E-state index contributed by atoms with van der Waals surface area (Å²) in [4.78, 5) is 22.8. The molecular weight excluding hydrogens is 240 g/mol. The second-order valence-electron chi connectivity index (χ2n) is 4.87. The van der Waals surface area contributed by atoms with Gasteiger partial charge in [0.25, 0.3) is 5.91 Å².